The molecule has 0 radical (unpaired) electrons. The van der Waals surface area contributed by atoms with Crippen molar-refractivity contribution in [1.29, 1.82) is 0 Å². The molecule has 0 spiro atoms. The summed E-state index contributed by atoms with van der Waals surface area (Å²) in [5.41, 5.74) is 1.69. The van der Waals surface area contributed by atoms with Crippen molar-refractivity contribution < 1.29 is 18.7 Å². The summed E-state index contributed by atoms with van der Waals surface area (Å²) in [6.45, 7) is 2.67. The first-order valence-electron chi connectivity index (χ1n) is 8.43. The van der Waals surface area contributed by atoms with E-state index in [2.05, 4.69) is 15.6 Å². The van der Waals surface area contributed by atoms with Gasteiger partial charge in [0.15, 0.2) is 0 Å². The van der Waals surface area contributed by atoms with Crippen molar-refractivity contribution >= 4 is 6.03 Å². The van der Waals surface area contributed by atoms with E-state index in [0.29, 0.717) is 31.3 Å². The molecule has 3 rings (SSSR count). The predicted octanol–water partition coefficient (Wildman–Crippen LogP) is 2.23. The van der Waals surface area contributed by atoms with Gasteiger partial charge >= 0.3 is 6.03 Å². The predicted molar refractivity (Wildman–Crippen MR) is 92.5 cm³/mol. The minimum absolute atomic E-state index is 0.161. The van der Waals surface area contributed by atoms with E-state index in [1.54, 1.807) is 13.4 Å². The second-order valence-corrected chi connectivity index (χ2v) is 5.99. The maximum absolute atomic E-state index is 11.8. The lowest BCUT2D eigenvalue weighted by Crippen LogP contribution is -2.39. The Morgan fingerprint density at radius 1 is 1.32 bits per heavy atom. The van der Waals surface area contributed by atoms with Crippen molar-refractivity contribution in [1.82, 2.24) is 15.6 Å². The Bertz CT molecular complexity index is 678. The molecule has 1 saturated heterocycles. The van der Waals surface area contributed by atoms with Crippen LogP contribution in [0.2, 0.25) is 0 Å². The van der Waals surface area contributed by atoms with Crippen LogP contribution in [0, 0.1) is 5.92 Å². The molecule has 1 aliphatic rings. The Hall–Kier alpha value is -2.54. The Kier molecular flexibility index (Phi) is 5.90. The normalized spacial score (nSPS) is 16.6. The Morgan fingerprint density at radius 2 is 2.16 bits per heavy atom. The first kappa shape index (κ1) is 17.3. The van der Waals surface area contributed by atoms with Gasteiger partial charge in [-0.25, -0.2) is 9.78 Å². The number of oxazole rings is 1. The molecule has 7 heteroatoms. The molecular weight excluding hydrogens is 322 g/mol. The molecule has 25 heavy (non-hydrogen) atoms. The molecule has 0 aliphatic carbocycles. The number of carbonyl (C=O) groups excluding carboxylic acids is 1. The molecule has 0 bridgehead atoms. The molecule has 7 nitrogen and oxygen atoms in total. The summed E-state index contributed by atoms with van der Waals surface area (Å²) in [5.74, 6) is 1.77. The van der Waals surface area contributed by atoms with Gasteiger partial charge in [0.05, 0.1) is 19.4 Å². The quantitative estimate of drug-likeness (QED) is 0.804. The summed E-state index contributed by atoms with van der Waals surface area (Å²) < 4.78 is 15.9. The summed E-state index contributed by atoms with van der Waals surface area (Å²) in [6, 6.07) is 7.35. The summed E-state index contributed by atoms with van der Waals surface area (Å²) in [5, 5.41) is 5.70. The van der Waals surface area contributed by atoms with Crippen molar-refractivity contribution in [3.05, 3.63) is 36.2 Å². The van der Waals surface area contributed by atoms with Crippen LogP contribution in [0.3, 0.4) is 0 Å². The van der Waals surface area contributed by atoms with Gasteiger partial charge in [0.25, 0.3) is 0 Å². The molecule has 1 fully saturated rings. The van der Waals surface area contributed by atoms with Crippen LogP contribution < -0.4 is 15.4 Å². The number of ether oxygens (including phenoxy) is 2. The summed E-state index contributed by atoms with van der Waals surface area (Å²) in [4.78, 5) is 16.2. The third-order valence-electron chi connectivity index (χ3n) is 4.13. The minimum Gasteiger partial charge on any atom is -0.497 e. The van der Waals surface area contributed by atoms with Crippen LogP contribution >= 0.6 is 0 Å². The van der Waals surface area contributed by atoms with Crippen LogP contribution in [-0.4, -0.2) is 44.4 Å². The van der Waals surface area contributed by atoms with Crippen LogP contribution in [0.1, 0.15) is 12.1 Å². The zero-order valence-electron chi connectivity index (χ0n) is 14.3. The van der Waals surface area contributed by atoms with Gasteiger partial charge in [0, 0.05) is 37.6 Å². The summed E-state index contributed by atoms with van der Waals surface area (Å²) >= 11 is 0. The third-order valence-corrected chi connectivity index (χ3v) is 4.13. The molecule has 2 aromatic rings. The van der Waals surface area contributed by atoms with Gasteiger partial charge in [-0.3, -0.25) is 0 Å². The standard InChI is InChI=1S/C18H23N3O4/c1-23-16-4-2-14(3-5-16)17-21-15(12-25-17)6-8-19-18(22)20-10-13-7-9-24-11-13/h2-5,12-13H,6-11H2,1H3,(H2,19,20,22)/t13-/m1/s1. The zero-order valence-corrected chi connectivity index (χ0v) is 14.3. The van der Waals surface area contributed by atoms with Crippen LogP contribution in [-0.2, 0) is 11.2 Å². The van der Waals surface area contributed by atoms with Crippen LogP contribution in [0.5, 0.6) is 5.75 Å². The Morgan fingerprint density at radius 3 is 2.88 bits per heavy atom. The molecule has 2 heterocycles. The van der Waals surface area contributed by atoms with Crippen molar-refractivity contribution in [3.63, 3.8) is 0 Å². The average Bonchev–Trinajstić information content (AvgIpc) is 3.32. The minimum atomic E-state index is -0.161. The van der Waals surface area contributed by atoms with Crippen LogP contribution in [0.15, 0.2) is 34.9 Å². The van der Waals surface area contributed by atoms with Crippen molar-refractivity contribution in [2.24, 2.45) is 5.92 Å². The van der Waals surface area contributed by atoms with Gasteiger partial charge in [-0.05, 0) is 30.7 Å². The smallest absolute Gasteiger partial charge is 0.314 e. The lowest BCUT2D eigenvalue weighted by Gasteiger charge is -2.10. The van der Waals surface area contributed by atoms with E-state index in [4.69, 9.17) is 13.9 Å². The summed E-state index contributed by atoms with van der Waals surface area (Å²) in [6.07, 6.45) is 3.24. The monoisotopic (exact) mass is 345 g/mol. The second kappa shape index (κ2) is 8.53. The topological polar surface area (TPSA) is 85.6 Å². The van der Waals surface area contributed by atoms with E-state index in [1.165, 1.54) is 0 Å². The Balaban J connectivity index is 1.41. The highest BCUT2D eigenvalue weighted by atomic mass is 16.5. The number of carbonyl (C=O) groups is 1. The largest absolute Gasteiger partial charge is 0.497 e. The lowest BCUT2D eigenvalue weighted by molar-refractivity contribution is 0.185. The highest BCUT2D eigenvalue weighted by Gasteiger charge is 2.16. The molecular formula is C18H23N3O4. The number of methoxy groups -OCH3 is 1. The molecule has 1 aromatic heterocycles. The van der Waals surface area contributed by atoms with E-state index < -0.39 is 0 Å². The molecule has 134 valence electrons. The highest BCUT2D eigenvalue weighted by Crippen LogP contribution is 2.21. The SMILES string of the molecule is COc1ccc(-c2nc(CCNC(=O)NC[C@H]3CCOC3)co2)cc1. The van der Waals surface area contributed by atoms with Crippen molar-refractivity contribution in [2.75, 3.05) is 33.4 Å². The van der Waals surface area contributed by atoms with Gasteiger partial charge in [-0.2, -0.15) is 0 Å². The average molecular weight is 345 g/mol. The lowest BCUT2D eigenvalue weighted by atomic mass is 10.1. The number of aromatic nitrogens is 1. The van der Waals surface area contributed by atoms with Crippen molar-refractivity contribution in [2.45, 2.75) is 12.8 Å². The number of hydrogen-bond acceptors (Lipinski definition) is 5. The van der Waals surface area contributed by atoms with Crippen LogP contribution in [0.25, 0.3) is 11.5 Å². The first-order valence-corrected chi connectivity index (χ1v) is 8.43. The second-order valence-electron chi connectivity index (χ2n) is 5.99. The van der Waals surface area contributed by atoms with Gasteiger partial charge in [-0.15, -0.1) is 0 Å². The molecule has 1 aromatic carbocycles. The summed E-state index contributed by atoms with van der Waals surface area (Å²) in [7, 11) is 1.63. The van der Waals surface area contributed by atoms with E-state index in [1.807, 2.05) is 24.3 Å². The van der Waals surface area contributed by atoms with E-state index in [-0.39, 0.29) is 6.03 Å². The zero-order chi connectivity index (χ0) is 17.5. The third kappa shape index (κ3) is 4.96. The number of hydrogen-bond donors (Lipinski definition) is 2. The fraction of sp³-hybridized carbons (Fsp3) is 0.444. The fourth-order valence-electron chi connectivity index (χ4n) is 2.64. The first-order chi connectivity index (χ1) is 12.2. The maximum atomic E-state index is 11.8. The number of rotatable bonds is 7. The van der Waals surface area contributed by atoms with Crippen molar-refractivity contribution in [3.8, 4) is 17.2 Å². The van der Waals surface area contributed by atoms with Gasteiger partial charge in [0.1, 0.15) is 12.0 Å². The maximum Gasteiger partial charge on any atom is 0.314 e. The molecule has 1 atom stereocenters. The molecule has 0 saturated carbocycles. The number of urea groups is 1. The highest BCUT2D eigenvalue weighted by molar-refractivity contribution is 5.73. The van der Waals surface area contributed by atoms with E-state index in [0.717, 1.165) is 36.6 Å². The van der Waals surface area contributed by atoms with Gasteiger partial charge < -0.3 is 24.5 Å². The molecule has 0 unspecified atom stereocenters. The van der Waals surface area contributed by atoms with Gasteiger partial charge in [-0.1, -0.05) is 0 Å². The number of amides is 2. The molecule has 2 N–H and O–H groups in total. The fourth-order valence-corrected chi connectivity index (χ4v) is 2.64. The Labute approximate surface area is 146 Å². The molecule has 2 amide bonds. The van der Waals surface area contributed by atoms with E-state index in [9.17, 15) is 4.79 Å². The van der Waals surface area contributed by atoms with E-state index >= 15 is 0 Å². The number of nitrogens with zero attached hydrogens (tertiary/aromatic N) is 1. The number of nitrogens with one attached hydrogen (secondary N) is 2. The molecule has 1 aliphatic heterocycles. The number of benzene rings is 1. The van der Waals surface area contributed by atoms with Crippen LogP contribution in [0.4, 0.5) is 4.79 Å². The van der Waals surface area contributed by atoms with Gasteiger partial charge in [0.2, 0.25) is 5.89 Å².